The first-order chi connectivity index (χ1) is 7.04. The summed E-state index contributed by atoms with van der Waals surface area (Å²) < 4.78 is 19.1. The Morgan fingerprint density at radius 2 is 2.33 bits per heavy atom. The highest BCUT2D eigenvalue weighted by atomic mass is 79.9. The van der Waals surface area contributed by atoms with Crippen molar-refractivity contribution in [3.05, 3.63) is 28.5 Å². The number of ether oxygens (including phenoxy) is 1. The number of carbonyl (C=O) groups is 1. The summed E-state index contributed by atoms with van der Waals surface area (Å²) in [5.74, 6) is -1.09. The number of hydrogen-bond acceptors (Lipinski definition) is 2. The first-order valence-corrected chi connectivity index (χ1v) is 5.25. The Balaban J connectivity index is 2.84. The first kappa shape index (κ1) is 12.0. The lowest BCUT2D eigenvalue weighted by Gasteiger charge is -2.14. The minimum Gasteiger partial charge on any atom is -0.478 e. The van der Waals surface area contributed by atoms with Gasteiger partial charge in [0.1, 0.15) is 0 Å². The van der Waals surface area contributed by atoms with Gasteiger partial charge in [0.25, 0.3) is 5.91 Å². The van der Waals surface area contributed by atoms with Crippen molar-refractivity contribution in [3.63, 3.8) is 0 Å². The molecule has 1 aromatic rings. The normalized spacial score (nSPS) is 12.2. The molecule has 1 amide bonds. The molecular formula is C10H11BrFNO2. The molecule has 1 atom stereocenters. The summed E-state index contributed by atoms with van der Waals surface area (Å²) in [6.45, 7) is 1.74. The molecule has 0 heterocycles. The molecule has 0 aliphatic heterocycles. The summed E-state index contributed by atoms with van der Waals surface area (Å²) in [4.78, 5) is 10.9. The van der Waals surface area contributed by atoms with E-state index in [2.05, 4.69) is 15.9 Å². The third kappa shape index (κ3) is 3.20. The van der Waals surface area contributed by atoms with Crippen molar-refractivity contribution in [2.75, 3.05) is 0 Å². The Kier molecular flexibility index (Phi) is 4.08. The van der Waals surface area contributed by atoms with Gasteiger partial charge in [-0.2, -0.15) is 0 Å². The fourth-order valence-electron chi connectivity index (χ4n) is 1.07. The summed E-state index contributed by atoms with van der Waals surface area (Å²) in [7, 11) is 0. The quantitative estimate of drug-likeness (QED) is 0.916. The molecule has 1 aromatic carbocycles. The summed E-state index contributed by atoms with van der Waals surface area (Å²) in [5, 5.41) is 0. The smallest absolute Gasteiger partial charge is 0.258 e. The van der Waals surface area contributed by atoms with Gasteiger partial charge in [-0.1, -0.05) is 22.9 Å². The lowest BCUT2D eigenvalue weighted by atomic mass is 10.2. The zero-order chi connectivity index (χ0) is 11.4. The molecule has 0 saturated carbocycles. The molecule has 0 spiro atoms. The van der Waals surface area contributed by atoms with Gasteiger partial charge >= 0.3 is 0 Å². The van der Waals surface area contributed by atoms with Crippen molar-refractivity contribution < 1.29 is 13.9 Å². The van der Waals surface area contributed by atoms with Gasteiger partial charge in [0, 0.05) is 4.47 Å². The Hall–Kier alpha value is -1.10. The van der Waals surface area contributed by atoms with Gasteiger partial charge in [0.15, 0.2) is 17.7 Å². The highest BCUT2D eigenvalue weighted by molar-refractivity contribution is 9.10. The molecule has 3 nitrogen and oxygen atoms in total. The second-order valence-corrected chi connectivity index (χ2v) is 3.91. The van der Waals surface area contributed by atoms with Crippen molar-refractivity contribution in [2.24, 2.45) is 5.73 Å². The van der Waals surface area contributed by atoms with Crippen LogP contribution in [-0.4, -0.2) is 12.0 Å². The molecule has 0 aliphatic rings. The SMILES string of the molecule is CCC(Oc1ccc(Br)cc1F)C(N)=O. The number of hydrogen-bond donors (Lipinski definition) is 1. The second-order valence-electron chi connectivity index (χ2n) is 2.99. The van der Waals surface area contributed by atoms with Crippen LogP contribution >= 0.6 is 15.9 Å². The van der Waals surface area contributed by atoms with Gasteiger partial charge in [-0.25, -0.2) is 4.39 Å². The van der Waals surface area contributed by atoms with Gasteiger partial charge in [0.2, 0.25) is 0 Å². The van der Waals surface area contributed by atoms with Crippen LogP contribution in [0.1, 0.15) is 13.3 Å². The number of amides is 1. The Bertz CT molecular complexity index is 370. The second kappa shape index (κ2) is 5.11. The van der Waals surface area contributed by atoms with Gasteiger partial charge < -0.3 is 10.5 Å². The van der Waals surface area contributed by atoms with Crippen LogP contribution in [0.5, 0.6) is 5.75 Å². The van der Waals surface area contributed by atoms with E-state index in [4.69, 9.17) is 10.5 Å². The molecule has 15 heavy (non-hydrogen) atoms. The molecule has 0 bridgehead atoms. The standard InChI is InChI=1S/C10H11BrFNO2/c1-2-8(10(13)14)15-9-4-3-6(11)5-7(9)12/h3-5,8H,2H2,1H3,(H2,13,14). The van der Waals surface area contributed by atoms with Gasteiger partial charge in [-0.05, 0) is 24.6 Å². The van der Waals surface area contributed by atoms with Crippen molar-refractivity contribution in [3.8, 4) is 5.75 Å². The average Bonchev–Trinajstić information content (AvgIpc) is 2.16. The molecule has 1 rings (SSSR count). The van der Waals surface area contributed by atoms with Crippen molar-refractivity contribution in [2.45, 2.75) is 19.4 Å². The van der Waals surface area contributed by atoms with Gasteiger partial charge in [0.05, 0.1) is 0 Å². The van der Waals surface area contributed by atoms with E-state index in [1.807, 2.05) is 0 Å². The molecular weight excluding hydrogens is 265 g/mol. The zero-order valence-electron chi connectivity index (χ0n) is 8.17. The van der Waals surface area contributed by atoms with E-state index in [0.29, 0.717) is 10.9 Å². The minimum absolute atomic E-state index is 0.0313. The number of primary amides is 1. The summed E-state index contributed by atoms with van der Waals surface area (Å²) in [6.07, 6.45) is -0.383. The molecule has 0 saturated heterocycles. The highest BCUT2D eigenvalue weighted by Gasteiger charge is 2.16. The summed E-state index contributed by atoms with van der Waals surface area (Å²) >= 11 is 3.12. The molecule has 5 heteroatoms. The number of benzene rings is 1. The molecule has 0 radical (unpaired) electrons. The number of halogens is 2. The predicted molar refractivity (Wildman–Crippen MR) is 58.0 cm³/mol. The first-order valence-electron chi connectivity index (χ1n) is 4.45. The fourth-order valence-corrected chi connectivity index (χ4v) is 1.40. The maximum Gasteiger partial charge on any atom is 0.258 e. The largest absolute Gasteiger partial charge is 0.478 e. The summed E-state index contributed by atoms with van der Waals surface area (Å²) in [6, 6.07) is 4.35. The minimum atomic E-state index is -0.791. The van der Waals surface area contributed by atoms with Crippen molar-refractivity contribution in [1.82, 2.24) is 0 Å². The summed E-state index contributed by atoms with van der Waals surface area (Å²) in [5.41, 5.74) is 5.08. The average molecular weight is 276 g/mol. The molecule has 0 fully saturated rings. The molecule has 82 valence electrons. The van der Waals surface area contributed by atoms with Crippen LogP contribution in [0.25, 0.3) is 0 Å². The molecule has 0 aliphatic carbocycles. The highest BCUT2D eigenvalue weighted by Crippen LogP contribution is 2.22. The Morgan fingerprint density at radius 1 is 1.67 bits per heavy atom. The van der Waals surface area contributed by atoms with Crippen LogP contribution in [0.2, 0.25) is 0 Å². The van der Waals surface area contributed by atoms with Crippen LogP contribution in [0, 0.1) is 5.82 Å². The van der Waals surface area contributed by atoms with E-state index >= 15 is 0 Å². The fraction of sp³-hybridized carbons (Fsp3) is 0.300. The maximum absolute atomic E-state index is 13.3. The van der Waals surface area contributed by atoms with Crippen molar-refractivity contribution in [1.29, 1.82) is 0 Å². The number of rotatable bonds is 4. The zero-order valence-corrected chi connectivity index (χ0v) is 9.75. The Morgan fingerprint density at radius 3 is 2.80 bits per heavy atom. The lowest BCUT2D eigenvalue weighted by Crippen LogP contribution is -2.33. The van der Waals surface area contributed by atoms with Crippen LogP contribution in [0.3, 0.4) is 0 Å². The van der Waals surface area contributed by atoms with E-state index < -0.39 is 17.8 Å². The predicted octanol–water partition coefficient (Wildman–Crippen LogP) is 2.23. The number of carbonyl (C=O) groups excluding carboxylic acids is 1. The van der Waals surface area contributed by atoms with Crippen LogP contribution < -0.4 is 10.5 Å². The maximum atomic E-state index is 13.3. The molecule has 2 N–H and O–H groups in total. The Labute approximate surface area is 95.5 Å². The van der Waals surface area contributed by atoms with E-state index in [1.54, 1.807) is 13.0 Å². The van der Waals surface area contributed by atoms with E-state index in [9.17, 15) is 9.18 Å². The van der Waals surface area contributed by atoms with Gasteiger partial charge in [-0.3, -0.25) is 4.79 Å². The van der Waals surface area contributed by atoms with E-state index in [0.717, 1.165) is 0 Å². The van der Waals surface area contributed by atoms with Crippen LogP contribution in [0.4, 0.5) is 4.39 Å². The molecule has 0 aromatic heterocycles. The van der Waals surface area contributed by atoms with E-state index in [-0.39, 0.29) is 5.75 Å². The van der Waals surface area contributed by atoms with Crippen molar-refractivity contribution >= 4 is 21.8 Å². The van der Waals surface area contributed by atoms with E-state index in [1.165, 1.54) is 12.1 Å². The monoisotopic (exact) mass is 275 g/mol. The molecule has 1 unspecified atom stereocenters. The lowest BCUT2D eigenvalue weighted by molar-refractivity contribution is -0.124. The number of nitrogens with two attached hydrogens (primary N) is 1. The van der Waals surface area contributed by atoms with Crippen LogP contribution in [0.15, 0.2) is 22.7 Å². The topological polar surface area (TPSA) is 52.3 Å². The third-order valence-corrected chi connectivity index (χ3v) is 2.34. The van der Waals surface area contributed by atoms with Crippen LogP contribution in [-0.2, 0) is 4.79 Å². The third-order valence-electron chi connectivity index (χ3n) is 1.85. The van der Waals surface area contributed by atoms with Gasteiger partial charge in [-0.15, -0.1) is 0 Å².